The molecule has 22 heavy (non-hydrogen) atoms. The zero-order valence-electron chi connectivity index (χ0n) is 13.0. The Hall–Kier alpha value is -2.49. The summed E-state index contributed by atoms with van der Waals surface area (Å²) in [6.45, 7) is 5.09. The molecule has 0 spiro atoms. The summed E-state index contributed by atoms with van der Waals surface area (Å²) in [6, 6.07) is 11.7. The molecule has 0 unspecified atom stereocenters. The number of fused-ring (bicyclic) bond motifs is 1. The Kier molecular flexibility index (Phi) is 4.00. The molecule has 0 aliphatic rings. The fourth-order valence-electron chi connectivity index (χ4n) is 2.34. The highest BCUT2D eigenvalue weighted by atomic mass is 16.5. The molecule has 2 aromatic heterocycles. The zero-order chi connectivity index (χ0) is 15.5. The number of rotatable bonds is 5. The van der Waals surface area contributed by atoms with Crippen molar-refractivity contribution in [2.24, 2.45) is 5.92 Å². The first-order chi connectivity index (χ1) is 10.6. The molecule has 4 heteroatoms. The molecule has 3 rings (SSSR count). The van der Waals surface area contributed by atoms with Gasteiger partial charge in [0.25, 0.3) is 0 Å². The maximum absolute atomic E-state index is 5.90. The van der Waals surface area contributed by atoms with Crippen LogP contribution in [0.3, 0.4) is 0 Å². The molecule has 0 bridgehead atoms. The van der Waals surface area contributed by atoms with E-state index in [9.17, 15) is 0 Å². The summed E-state index contributed by atoms with van der Waals surface area (Å²) in [5.41, 5.74) is 9.34. The molecule has 0 aliphatic heterocycles. The molecular weight excluding hydrogens is 274 g/mol. The standard InChI is InChI=1S/C18H21N3O/c1-13(2)8-10-22-17-7-4-9-21-12-16(20-18(17)21)14-5-3-6-15(19)11-14/h3-7,9,11-13H,8,10,19H2,1-2H3. The van der Waals surface area contributed by atoms with Crippen molar-refractivity contribution in [2.75, 3.05) is 12.3 Å². The van der Waals surface area contributed by atoms with Crippen LogP contribution in [0, 0.1) is 5.92 Å². The third kappa shape index (κ3) is 3.06. The number of ether oxygens (including phenoxy) is 1. The number of hydrogen-bond donors (Lipinski definition) is 1. The van der Waals surface area contributed by atoms with Gasteiger partial charge in [0.2, 0.25) is 0 Å². The minimum Gasteiger partial charge on any atom is -0.490 e. The quantitative estimate of drug-likeness (QED) is 0.724. The third-order valence-electron chi connectivity index (χ3n) is 3.58. The zero-order valence-corrected chi connectivity index (χ0v) is 13.0. The summed E-state index contributed by atoms with van der Waals surface area (Å²) >= 11 is 0. The average molecular weight is 295 g/mol. The van der Waals surface area contributed by atoms with Gasteiger partial charge in [-0.15, -0.1) is 0 Å². The van der Waals surface area contributed by atoms with E-state index in [1.54, 1.807) is 0 Å². The molecule has 3 aromatic rings. The normalized spacial score (nSPS) is 11.2. The highest BCUT2D eigenvalue weighted by molar-refractivity contribution is 5.68. The van der Waals surface area contributed by atoms with Gasteiger partial charge in [-0.25, -0.2) is 4.98 Å². The maximum Gasteiger partial charge on any atom is 0.180 e. The SMILES string of the molecule is CC(C)CCOc1cccn2cc(-c3cccc(N)c3)nc12. The lowest BCUT2D eigenvalue weighted by atomic mass is 10.1. The van der Waals surface area contributed by atoms with Gasteiger partial charge in [-0.05, 0) is 36.6 Å². The van der Waals surface area contributed by atoms with E-state index in [-0.39, 0.29) is 0 Å². The number of hydrogen-bond acceptors (Lipinski definition) is 3. The second kappa shape index (κ2) is 6.10. The van der Waals surface area contributed by atoms with Crippen molar-refractivity contribution in [3.8, 4) is 17.0 Å². The maximum atomic E-state index is 5.90. The summed E-state index contributed by atoms with van der Waals surface area (Å²) < 4.78 is 7.88. The molecule has 0 radical (unpaired) electrons. The van der Waals surface area contributed by atoms with Crippen molar-refractivity contribution >= 4 is 11.3 Å². The smallest absolute Gasteiger partial charge is 0.180 e. The van der Waals surface area contributed by atoms with E-state index in [1.165, 1.54) is 0 Å². The van der Waals surface area contributed by atoms with Gasteiger partial charge in [-0.3, -0.25) is 0 Å². The van der Waals surface area contributed by atoms with Crippen LogP contribution in [0.2, 0.25) is 0 Å². The molecule has 0 amide bonds. The van der Waals surface area contributed by atoms with Gasteiger partial charge in [0.05, 0.1) is 12.3 Å². The average Bonchev–Trinajstić information content (AvgIpc) is 2.92. The molecule has 114 valence electrons. The predicted molar refractivity (Wildman–Crippen MR) is 90.0 cm³/mol. The highest BCUT2D eigenvalue weighted by Gasteiger charge is 2.09. The lowest BCUT2D eigenvalue weighted by molar-refractivity contribution is 0.291. The van der Waals surface area contributed by atoms with Gasteiger partial charge in [0, 0.05) is 23.6 Å². The first-order valence-electron chi connectivity index (χ1n) is 7.60. The lowest BCUT2D eigenvalue weighted by Gasteiger charge is -2.08. The Labute approximate surface area is 130 Å². The minimum atomic E-state index is 0.627. The number of nitrogens with two attached hydrogens (primary N) is 1. The predicted octanol–water partition coefficient (Wildman–Crippen LogP) is 4.01. The fourth-order valence-corrected chi connectivity index (χ4v) is 2.34. The molecule has 0 saturated carbocycles. The van der Waals surface area contributed by atoms with E-state index in [2.05, 4.69) is 13.8 Å². The van der Waals surface area contributed by atoms with Crippen LogP contribution in [0.25, 0.3) is 16.9 Å². The van der Waals surface area contributed by atoms with Crippen molar-refractivity contribution in [1.82, 2.24) is 9.38 Å². The Morgan fingerprint density at radius 1 is 1.23 bits per heavy atom. The second-order valence-electron chi connectivity index (χ2n) is 5.89. The van der Waals surface area contributed by atoms with Crippen LogP contribution in [0.4, 0.5) is 5.69 Å². The van der Waals surface area contributed by atoms with Crippen LogP contribution in [0.15, 0.2) is 48.8 Å². The van der Waals surface area contributed by atoms with E-state index in [0.717, 1.165) is 34.8 Å². The van der Waals surface area contributed by atoms with Gasteiger partial charge in [0.1, 0.15) is 0 Å². The van der Waals surface area contributed by atoms with E-state index < -0.39 is 0 Å². The van der Waals surface area contributed by atoms with Crippen molar-refractivity contribution in [2.45, 2.75) is 20.3 Å². The van der Waals surface area contributed by atoms with Gasteiger partial charge in [-0.1, -0.05) is 26.0 Å². The van der Waals surface area contributed by atoms with Crippen molar-refractivity contribution in [3.63, 3.8) is 0 Å². The Morgan fingerprint density at radius 3 is 2.86 bits per heavy atom. The van der Waals surface area contributed by atoms with Crippen LogP contribution >= 0.6 is 0 Å². The highest BCUT2D eigenvalue weighted by Crippen LogP contribution is 2.25. The van der Waals surface area contributed by atoms with Gasteiger partial charge < -0.3 is 14.9 Å². The molecule has 1 aromatic carbocycles. The number of aromatic nitrogens is 2. The molecular formula is C18H21N3O. The van der Waals surface area contributed by atoms with Crippen molar-refractivity contribution < 1.29 is 4.74 Å². The first-order valence-corrected chi connectivity index (χ1v) is 7.60. The van der Waals surface area contributed by atoms with Crippen molar-refractivity contribution in [3.05, 3.63) is 48.8 Å². The number of anilines is 1. The van der Waals surface area contributed by atoms with E-state index in [0.29, 0.717) is 12.5 Å². The van der Waals surface area contributed by atoms with Crippen molar-refractivity contribution in [1.29, 1.82) is 0 Å². The Balaban J connectivity index is 1.92. The lowest BCUT2D eigenvalue weighted by Crippen LogP contribution is -2.02. The van der Waals surface area contributed by atoms with E-state index in [1.807, 2.05) is 53.2 Å². The molecule has 0 aliphatic carbocycles. The summed E-state index contributed by atoms with van der Waals surface area (Å²) in [5, 5.41) is 0. The van der Waals surface area contributed by atoms with Crippen LogP contribution in [-0.2, 0) is 0 Å². The number of benzene rings is 1. The number of nitrogen functional groups attached to an aromatic ring is 1. The van der Waals surface area contributed by atoms with Gasteiger partial charge in [0.15, 0.2) is 11.4 Å². The molecule has 4 nitrogen and oxygen atoms in total. The molecule has 0 fully saturated rings. The van der Waals surface area contributed by atoms with Crippen LogP contribution in [0.1, 0.15) is 20.3 Å². The third-order valence-corrected chi connectivity index (χ3v) is 3.58. The molecule has 2 heterocycles. The van der Waals surface area contributed by atoms with Crippen LogP contribution in [0.5, 0.6) is 5.75 Å². The summed E-state index contributed by atoms with van der Waals surface area (Å²) in [5.74, 6) is 1.45. The number of pyridine rings is 1. The molecule has 0 atom stereocenters. The van der Waals surface area contributed by atoms with Gasteiger partial charge >= 0.3 is 0 Å². The monoisotopic (exact) mass is 295 g/mol. The second-order valence-corrected chi connectivity index (χ2v) is 5.89. The Morgan fingerprint density at radius 2 is 2.09 bits per heavy atom. The summed E-state index contributed by atoms with van der Waals surface area (Å²) in [6.07, 6.45) is 5.01. The number of imidazole rings is 1. The van der Waals surface area contributed by atoms with E-state index in [4.69, 9.17) is 15.5 Å². The minimum absolute atomic E-state index is 0.627. The molecule has 0 saturated heterocycles. The number of nitrogens with zero attached hydrogens (tertiary/aromatic N) is 2. The van der Waals surface area contributed by atoms with E-state index >= 15 is 0 Å². The summed E-state index contributed by atoms with van der Waals surface area (Å²) in [7, 11) is 0. The summed E-state index contributed by atoms with van der Waals surface area (Å²) in [4.78, 5) is 4.70. The largest absolute Gasteiger partial charge is 0.490 e. The van der Waals surface area contributed by atoms with Crippen LogP contribution in [-0.4, -0.2) is 16.0 Å². The first kappa shape index (κ1) is 14.4. The molecule has 2 N–H and O–H groups in total. The fraction of sp³-hybridized carbons (Fsp3) is 0.278. The van der Waals surface area contributed by atoms with Crippen LogP contribution < -0.4 is 10.5 Å². The Bertz CT molecular complexity index is 777. The topological polar surface area (TPSA) is 52.5 Å². The van der Waals surface area contributed by atoms with Gasteiger partial charge in [-0.2, -0.15) is 0 Å².